The number of fused-ring (bicyclic) bond motifs is 1. The molecule has 0 unspecified atom stereocenters. The van der Waals surface area contributed by atoms with Gasteiger partial charge in [-0.05, 0) is 19.9 Å². The number of nitrogens with zero attached hydrogens (tertiary/aromatic N) is 4. The summed E-state index contributed by atoms with van der Waals surface area (Å²) >= 11 is 0. The van der Waals surface area contributed by atoms with Crippen molar-refractivity contribution in [1.82, 2.24) is 24.8 Å². The van der Waals surface area contributed by atoms with Crippen LogP contribution in [0.1, 0.15) is 18.4 Å². The van der Waals surface area contributed by atoms with Gasteiger partial charge in [0.15, 0.2) is 0 Å². The number of rotatable bonds is 3. The van der Waals surface area contributed by atoms with Crippen molar-refractivity contribution >= 4 is 23.3 Å². The van der Waals surface area contributed by atoms with Crippen LogP contribution in [0.5, 0.6) is 0 Å². The van der Waals surface area contributed by atoms with Gasteiger partial charge in [-0.1, -0.05) is 0 Å². The Morgan fingerprint density at radius 3 is 2.50 bits per heavy atom. The molecule has 2 aromatic heterocycles. The van der Waals surface area contributed by atoms with Crippen molar-refractivity contribution in [3.8, 4) is 0 Å². The lowest BCUT2D eigenvalue weighted by Gasteiger charge is -2.29. The summed E-state index contributed by atoms with van der Waals surface area (Å²) in [6.45, 7) is 3.80. The summed E-state index contributed by atoms with van der Waals surface area (Å²) in [5.41, 5.74) is -0.522. The largest absolute Gasteiger partial charge is 0.418 e. The van der Waals surface area contributed by atoms with E-state index in [0.717, 1.165) is 51.6 Å². The topological polar surface area (TPSA) is 77.2 Å². The summed E-state index contributed by atoms with van der Waals surface area (Å²) in [4.78, 5) is 24.4. The average molecular weight is 370 g/mol. The normalized spacial score (nSPS) is 18.4. The van der Waals surface area contributed by atoms with Gasteiger partial charge in [0.25, 0.3) is 0 Å². The fraction of sp³-hybridized carbons (Fsp3) is 0.562. The molecule has 1 aliphatic heterocycles. The maximum absolute atomic E-state index is 12.8. The molecule has 0 atom stereocenters. The summed E-state index contributed by atoms with van der Waals surface area (Å²) < 4.78 is 38.3. The number of aromatic amines is 1. The highest BCUT2D eigenvalue weighted by atomic mass is 19.4. The molecule has 0 bridgehead atoms. The van der Waals surface area contributed by atoms with E-state index in [-0.39, 0.29) is 22.9 Å². The van der Waals surface area contributed by atoms with E-state index >= 15 is 0 Å². The number of likely N-dealkylation sites (N-methyl/N-ethyl adjacent to an activating group) is 1. The molecule has 10 heteroatoms. The molecule has 3 heterocycles. The lowest BCUT2D eigenvalue weighted by Crippen LogP contribution is -2.43. The van der Waals surface area contributed by atoms with Crippen molar-refractivity contribution in [3.05, 3.63) is 18.1 Å². The molecule has 142 valence electrons. The van der Waals surface area contributed by atoms with E-state index in [4.69, 9.17) is 0 Å². The molecule has 2 aliphatic rings. The minimum absolute atomic E-state index is 0.0203. The zero-order chi connectivity index (χ0) is 18.7. The van der Waals surface area contributed by atoms with Gasteiger partial charge in [-0.25, -0.2) is 9.97 Å². The zero-order valence-corrected chi connectivity index (χ0v) is 14.4. The summed E-state index contributed by atoms with van der Waals surface area (Å²) in [6, 6.07) is 0.240. The number of nitrogens with one attached hydrogen (secondary N) is 2. The van der Waals surface area contributed by atoms with Crippen molar-refractivity contribution in [3.63, 3.8) is 0 Å². The van der Waals surface area contributed by atoms with Gasteiger partial charge in [-0.15, -0.1) is 0 Å². The molecule has 0 spiro atoms. The first-order valence-corrected chi connectivity index (χ1v) is 8.42. The van der Waals surface area contributed by atoms with Crippen LogP contribution >= 0.6 is 0 Å². The van der Waals surface area contributed by atoms with Crippen LogP contribution in [0, 0.1) is 0 Å². The Kier molecular flexibility index (Phi) is 5.30. The minimum atomic E-state index is -4.40. The van der Waals surface area contributed by atoms with Crippen LogP contribution < -0.4 is 5.32 Å². The highest BCUT2D eigenvalue weighted by Gasteiger charge is 2.36. The third kappa shape index (κ3) is 4.43. The Balaban J connectivity index is 0.000000185. The molecule has 0 aromatic carbocycles. The molecule has 2 fully saturated rings. The predicted octanol–water partition coefficient (Wildman–Crippen LogP) is 1.94. The zero-order valence-electron chi connectivity index (χ0n) is 14.4. The number of hydrogen-bond acceptors (Lipinski definition) is 5. The number of amides is 1. The van der Waals surface area contributed by atoms with E-state index in [1.807, 2.05) is 0 Å². The van der Waals surface area contributed by atoms with Gasteiger partial charge in [0, 0.05) is 38.4 Å². The summed E-state index contributed by atoms with van der Waals surface area (Å²) in [5.74, 6) is 0.256. The smallest absolute Gasteiger partial charge is 0.367 e. The van der Waals surface area contributed by atoms with Crippen LogP contribution in [-0.4, -0.2) is 70.4 Å². The monoisotopic (exact) mass is 370 g/mol. The van der Waals surface area contributed by atoms with Gasteiger partial charge >= 0.3 is 6.18 Å². The van der Waals surface area contributed by atoms with Crippen LogP contribution in [0.25, 0.3) is 11.0 Å². The molecule has 7 nitrogen and oxygen atoms in total. The van der Waals surface area contributed by atoms with Gasteiger partial charge in [0.05, 0.1) is 10.9 Å². The van der Waals surface area contributed by atoms with Gasteiger partial charge in [-0.3, -0.25) is 4.79 Å². The molecule has 1 saturated carbocycles. The maximum atomic E-state index is 12.8. The second-order valence-corrected chi connectivity index (χ2v) is 6.51. The van der Waals surface area contributed by atoms with E-state index in [0.29, 0.717) is 0 Å². The first kappa shape index (κ1) is 18.4. The first-order chi connectivity index (χ1) is 12.4. The lowest BCUT2D eigenvalue weighted by molar-refractivity contribution is -0.136. The van der Waals surface area contributed by atoms with E-state index in [1.54, 1.807) is 4.90 Å². The molecule has 1 aliphatic carbocycles. The van der Waals surface area contributed by atoms with Crippen LogP contribution in [0.15, 0.2) is 12.5 Å². The number of H-pyrrole nitrogens is 1. The Morgan fingerprint density at radius 1 is 1.23 bits per heavy atom. The third-order valence-corrected chi connectivity index (χ3v) is 4.38. The van der Waals surface area contributed by atoms with Crippen LogP contribution in [0.4, 0.5) is 19.0 Å². The Labute approximate surface area is 148 Å². The van der Waals surface area contributed by atoms with Crippen molar-refractivity contribution in [1.29, 1.82) is 0 Å². The van der Waals surface area contributed by atoms with Crippen LogP contribution in [0.3, 0.4) is 0 Å². The fourth-order valence-corrected chi connectivity index (χ4v) is 2.64. The van der Waals surface area contributed by atoms with Crippen molar-refractivity contribution in [2.24, 2.45) is 0 Å². The molecule has 26 heavy (non-hydrogen) atoms. The molecule has 4 rings (SSSR count). The molecular weight excluding hydrogens is 349 g/mol. The average Bonchev–Trinajstić information content (AvgIpc) is 3.30. The highest BCUT2D eigenvalue weighted by molar-refractivity contribution is 5.91. The SMILES string of the molecule is CN1CCN(C=O)CC1.FC(F)(F)c1c[nH]c2ncnc(NC3CC3)c12. The lowest BCUT2D eigenvalue weighted by atomic mass is 10.2. The second kappa shape index (κ2) is 7.48. The number of alkyl halides is 3. The quantitative estimate of drug-likeness (QED) is 0.808. The molecule has 1 amide bonds. The van der Waals surface area contributed by atoms with Crippen molar-refractivity contribution in [2.45, 2.75) is 25.1 Å². The minimum Gasteiger partial charge on any atom is -0.367 e. The van der Waals surface area contributed by atoms with Crippen molar-refractivity contribution in [2.75, 3.05) is 38.5 Å². The Morgan fingerprint density at radius 2 is 1.92 bits per heavy atom. The maximum Gasteiger partial charge on any atom is 0.418 e. The Bertz CT molecular complexity index is 750. The van der Waals surface area contributed by atoms with E-state index in [1.165, 1.54) is 6.33 Å². The van der Waals surface area contributed by atoms with E-state index < -0.39 is 11.7 Å². The molecule has 1 saturated heterocycles. The fourth-order valence-electron chi connectivity index (χ4n) is 2.64. The molecule has 2 N–H and O–H groups in total. The Hall–Kier alpha value is -2.36. The summed E-state index contributed by atoms with van der Waals surface area (Å²) in [6.07, 6.45) is 0.644. The second-order valence-electron chi connectivity index (χ2n) is 6.51. The number of hydrogen-bond donors (Lipinski definition) is 2. The highest BCUT2D eigenvalue weighted by Crippen LogP contribution is 2.37. The number of halogens is 3. The van der Waals surface area contributed by atoms with Gasteiger partial charge in [-0.2, -0.15) is 13.2 Å². The van der Waals surface area contributed by atoms with Crippen LogP contribution in [-0.2, 0) is 11.0 Å². The van der Waals surface area contributed by atoms with Crippen LogP contribution in [0.2, 0.25) is 0 Å². The van der Waals surface area contributed by atoms with E-state index in [9.17, 15) is 18.0 Å². The third-order valence-electron chi connectivity index (χ3n) is 4.38. The predicted molar refractivity (Wildman–Crippen MR) is 90.7 cm³/mol. The number of carbonyl (C=O) groups excluding carboxylic acids is 1. The number of anilines is 1. The van der Waals surface area contributed by atoms with Crippen molar-refractivity contribution < 1.29 is 18.0 Å². The van der Waals surface area contributed by atoms with Gasteiger partial charge < -0.3 is 20.1 Å². The van der Waals surface area contributed by atoms with Gasteiger partial charge in [0.1, 0.15) is 17.8 Å². The van der Waals surface area contributed by atoms with E-state index in [2.05, 4.69) is 32.2 Å². The summed E-state index contributed by atoms with van der Waals surface area (Å²) in [7, 11) is 2.07. The number of carbonyl (C=O) groups is 1. The van der Waals surface area contributed by atoms with Gasteiger partial charge in [0.2, 0.25) is 6.41 Å². The standard InChI is InChI=1S/C10H9F3N4.C6H12N2O/c11-10(12,13)6-3-14-8-7(6)9(16-4-15-8)17-5-1-2-5;1-7-2-4-8(6-9)5-3-7/h3-5H,1-2H2,(H2,14,15,16,17);6H,2-5H2,1H3. The molecule has 2 aromatic rings. The molecule has 0 radical (unpaired) electrons. The summed E-state index contributed by atoms with van der Waals surface area (Å²) in [5, 5.41) is 3.01. The first-order valence-electron chi connectivity index (χ1n) is 8.42. The number of piperazine rings is 1. The molecular formula is C16H21F3N6O. The number of aromatic nitrogens is 3.